The molecule has 8 heteroatoms. The second-order valence-corrected chi connectivity index (χ2v) is 9.53. The minimum Gasteiger partial charge on any atom is -0.368 e. The first-order valence-electron chi connectivity index (χ1n) is 11.7. The van der Waals surface area contributed by atoms with Crippen LogP contribution in [0.5, 0.6) is 0 Å². The van der Waals surface area contributed by atoms with E-state index in [0.717, 1.165) is 48.0 Å². The summed E-state index contributed by atoms with van der Waals surface area (Å²) in [5.74, 6) is 0.00360. The fourth-order valence-electron chi connectivity index (χ4n) is 5.18. The summed E-state index contributed by atoms with van der Waals surface area (Å²) in [6, 6.07) is 11.6. The van der Waals surface area contributed by atoms with Crippen molar-refractivity contribution < 1.29 is 18.0 Å². The lowest BCUT2D eigenvalue weighted by molar-refractivity contribution is -0.137. The van der Waals surface area contributed by atoms with Crippen molar-refractivity contribution in [3.05, 3.63) is 64.8 Å². The fourth-order valence-corrected chi connectivity index (χ4v) is 5.18. The number of anilines is 1. The van der Waals surface area contributed by atoms with Gasteiger partial charge in [-0.05, 0) is 81.4 Å². The first kappa shape index (κ1) is 22.8. The van der Waals surface area contributed by atoms with Crippen LogP contribution in [0.2, 0.25) is 0 Å². The Morgan fingerprint density at radius 1 is 1.03 bits per heavy atom. The molecule has 1 amide bonds. The molecule has 2 aromatic carbocycles. The molecule has 0 saturated carbocycles. The molecule has 1 aliphatic carbocycles. The summed E-state index contributed by atoms with van der Waals surface area (Å²) in [7, 11) is 4.23. The number of nitrogens with zero attached hydrogens (tertiary/aromatic N) is 3. The van der Waals surface area contributed by atoms with Gasteiger partial charge in [-0.15, -0.1) is 0 Å². The number of nitrogens with one attached hydrogen (secondary N) is 1. The van der Waals surface area contributed by atoms with Gasteiger partial charge in [0, 0.05) is 60.1 Å². The van der Waals surface area contributed by atoms with Crippen LogP contribution in [0, 0.1) is 0 Å². The molecule has 1 N–H and O–H groups in total. The SMILES string of the molecule is CN(C)C1CCc2[nH]c3ccc(C(=O)N4CCN(c5ccc(C(F)(F)F)cc5)CC4)cc3c2C1. The lowest BCUT2D eigenvalue weighted by Gasteiger charge is -2.36. The Labute approximate surface area is 197 Å². The van der Waals surface area contributed by atoms with Gasteiger partial charge < -0.3 is 19.7 Å². The summed E-state index contributed by atoms with van der Waals surface area (Å²) in [4.78, 5) is 22.9. The van der Waals surface area contributed by atoms with E-state index in [-0.39, 0.29) is 5.91 Å². The molecule has 34 heavy (non-hydrogen) atoms. The summed E-state index contributed by atoms with van der Waals surface area (Å²) in [6.45, 7) is 2.24. The van der Waals surface area contributed by atoms with E-state index in [1.165, 1.54) is 23.4 Å². The molecule has 5 nitrogen and oxygen atoms in total. The Morgan fingerprint density at radius 3 is 2.38 bits per heavy atom. The zero-order valence-corrected chi connectivity index (χ0v) is 19.5. The van der Waals surface area contributed by atoms with Crippen LogP contribution in [0.4, 0.5) is 18.9 Å². The van der Waals surface area contributed by atoms with Crippen LogP contribution in [0.15, 0.2) is 42.5 Å². The Kier molecular flexibility index (Phi) is 5.80. The number of rotatable bonds is 3. The number of piperazine rings is 1. The van der Waals surface area contributed by atoms with Crippen LogP contribution in [0.3, 0.4) is 0 Å². The van der Waals surface area contributed by atoms with Gasteiger partial charge in [0.2, 0.25) is 0 Å². The Balaban J connectivity index is 1.28. The van der Waals surface area contributed by atoms with Crippen molar-refractivity contribution in [2.45, 2.75) is 31.5 Å². The molecular weight excluding hydrogens is 441 g/mol. The average Bonchev–Trinajstić information content (AvgIpc) is 3.20. The number of fused-ring (bicyclic) bond motifs is 3. The number of hydrogen-bond acceptors (Lipinski definition) is 3. The van der Waals surface area contributed by atoms with E-state index in [0.29, 0.717) is 37.8 Å². The Bertz CT molecular complexity index is 1190. The van der Waals surface area contributed by atoms with Crippen LogP contribution in [0.25, 0.3) is 10.9 Å². The number of hydrogen-bond donors (Lipinski definition) is 1. The number of carbonyl (C=O) groups excluding carboxylic acids is 1. The van der Waals surface area contributed by atoms with Gasteiger partial charge in [0.15, 0.2) is 0 Å². The van der Waals surface area contributed by atoms with Gasteiger partial charge in [0.1, 0.15) is 0 Å². The number of alkyl halides is 3. The van der Waals surface area contributed by atoms with E-state index in [4.69, 9.17) is 0 Å². The zero-order valence-electron chi connectivity index (χ0n) is 19.5. The van der Waals surface area contributed by atoms with Gasteiger partial charge in [-0.1, -0.05) is 0 Å². The van der Waals surface area contributed by atoms with Gasteiger partial charge in [0.05, 0.1) is 5.56 Å². The van der Waals surface area contributed by atoms with Crippen molar-refractivity contribution in [3.8, 4) is 0 Å². The van der Waals surface area contributed by atoms with Crippen molar-refractivity contribution in [2.75, 3.05) is 45.2 Å². The number of amides is 1. The van der Waals surface area contributed by atoms with Gasteiger partial charge in [0.25, 0.3) is 5.91 Å². The first-order chi connectivity index (χ1) is 16.2. The lowest BCUT2D eigenvalue weighted by atomic mass is 9.90. The van der Waals surface area contributed by atoms with E-state index >= 15 is 0 Å². The quantitative estimate of drug-likeness (QED) is 0.610. The topological polar surface area (TPSA) is 42.6 Å². The molecule has 1 aliphatic heterocycles. The van der Waals surface area contributed by atoms with E-state index in [1.54, 1.807) is 0 Å². The van der Waals surface area contributed by atoms with Crippen molar-refractivity contribution in [1.82, 2.24) is 14.8 Å². The third kappa shape index (κ3) is 4.27. The Morgan fingerprint density at radius 2 is 1.74 bits per heavy atom. The second kappa shape index (κ2) is 8.65. The molecule has 1 saturated heterocycles. The summed E-state index contributed by atoms with van der Waals surface area (Å²) in [5.41, 5.74) is 4.46. The van der Waals surface area contributed by atoms with Gasteiger partial charge in [-0.2, -0.15) is 13.2 Å². The van der Waals surface area contributed by atoms with Crippen LogP contribution in [-0.2, 0) is 19.0 Å². The predicted molar refractivity (Wildman–Crippen MR) is 127 cm³/mol. The molecule has 180 valence electrons. The smallest absolute Gasteiger partial charge is 0.368 e. The van der Waals surface area contributed by atoms with Crippen LogP contribution in [0.1, 0.15) is 33.6 Å². The lowest BCUT2D eigenvalue weighted by Crippen LogP contribution is -2.48. The highest BCUT2D eigenvalue weighted by Crippen LogP contribution is 2.32. The predicted octanol–water partition coefficient (Wildman–Crippen LogP) is 4.57. The third-order valence-electron chi connectivity index (χ3n) is 7.27. The van der Waals surface area contributed by atoms with Crippen molar-refractivity contribution in [2.24, 2.45) is 0 Å². The third-order valence-corrected chi connectivity index (χ3v) is 7.27. The molecule has 5 rings (SSSR count). The molecule has 0 spiro atoms. The number of H-pyrrole nitrogens is 1. The summed E-state index contributed by atoms with van der Waals surface area (Å²) >= 11 is 0. The van der Waals surface area contributed by atoms with Crippen LogP contribution >= 0.6 is 0 Å². The molecule has 1 fully saturated rings. The number of halogens is 3. The maximum Gasteiger partial charge on any atom is 0.416 e. The van der Waals surface area contributed by atoms with Crippen LogP contribution < -0.4 is 4.90 Å². The van der Waals surface area contributed by atoms with E-state index in [1.807, 2.05) is 28.0 Å². The first-order valence-corrected chi connectivity index (χ1v) is 11.7. The minimum absolute atomic E-state index is 0.00360. The molecule has 1 unspecified atom stereocenters. The largest absolute Gasteiger partial charge is 0.416 e. The number of aromatic amines is 1. The number of benzene rings is 2. The normalized spacial score (nSPS) is 19.1. The minimum atomic E-state index is -4.34. The molecule has 2 heterocycles. The highest BCUT2D eigenvalue weighted by molar-refractivity contribution is 5.99. The van der Waals surface area contributed by atoms with Gasteiger partial charge in [-0.3, -0.25) is 4.79 Å². The Hall–Kier alpha value is -3.00. The zero-order chi connectivity index (χ0) is 24.0. The number of aromatic nitrogens is 1. The average molecular weight is 471 g/mol. The van der Waals surface area contributed by atoms with Gasteiger partial charge in [-0.25, -0.2) is 0 Å². The highest BCUT2D eigenvalue weighted by Gasteiger charge is 2.31. The molecule has 1 aromatic heterocycles. The molecule has 0 bridgehead atoms. The summed E-state index contributed by atoms with van der Waals surface area (Å²) in [5, 5.41) is 1.13. The number of carbonyl (C=O) groups is 1. The summed E-state index contributed by atoms with van der Waals surface area (Å²) < 4.78 is 38.5. The highest BCUT2D eigenvalue weighted by atomic mass is 19.4. The molecule has 3 aromatic rings. The number of aryl methyl sites for hydroxylation is 1. The van der Waals surface area contributed by atoms with E-state index in [2.05, 4.69) is 24.0 Å². The molecule has 2 aliphatic rings. The molecule has 0 radical (unpaired) electrons. The van der Waals surface area contributed by atoms with E-state index < -0.39 is 11.7 Å². The van der Waals surface area contributed by atoms with Crippen LogP contribution in [-0.4, -0.2) is 67.0 Å². The molecule has 1 atom stereocenters. The van der Waals surface area contributed by atoms with E-state index in [9.17, 15) is 18.0 Å². The maximum absolute atomic E-state index is 13.3. The molecular formula is C26H29F3N4O. The number of likely N-dealkylation sites (N-methyl/N-ethyl adjacent to an activating group) is 1. The fraction of sp³-hybridized carbons (Fsp3) is 0.423. The second-order valence-electron chi connectivity index (χ2n) is 9.53. The monoisotopic (exact) mass is 470 g/mol. The van der Waals surface area contributed by atoms with Gasteiger partial charge >= 0.3 is 6.18 Å². The summed E-state index contributed by atoms with van der Waals surface area (Å²) in [6.07, 6.45) is -1.22. The van der Waals surface area contributed by atoms with Crippen molar-refractivity contribution >= 4 is 22.5 Å². The van der Waals surface area contributed by atoms with Crippen molar-refractivity contribution in [3.63, 3.8) is 0 Å². The standard InChI is InChI=1S/C26H29F3N4O/c1-31(2)20-8-10-24-22(16-20)21-15-17(3-9-23(21)30-24)25(34)33-13-11-32(12-14-33)19-6-4-18(5-7-19)26(27,28)29/h3-7,9,15,20,30H,8,10-14,16H2,1-2H3. The van der Waals surface area contributed by atoms with Crippen molar-refractivity contribution in [1.29, 1.82) is 0 Å². The maximum atomic E-state index is 13.3.